The van der Waals surface area contributed by atoms with Crippen LogP contribution in [0, 0.1) is 20.8 Å². The van der Waals surface area contributed by atoms with Gasteiger partial charge in [0.05, 0.1) is 25.1 Å². The summed E-state index contributed by atoms with van der Waals surface area (Å²) < 4.78 is 32.0. The number of methoxy groups -OCH3 is 1. The number of hydrogen-bond donors (Lipinski definition) is 1. The van der Waals surface area contributed by atoms with Gasteiger partial charge < -0.3 is 10.1 Å². The highest BCUT2D eigenvalue weighted by molar-refractivity contribution is 7.92. The summed E-state index contributed by atoms with van der Waals surface area (Å²) in [4.78, 5) is 13.2. The van der Waals surface area contributed by atoms with Gasteiger partial charge in [0.25, 0.3) is 0 Å². The second-order valence-electron chi connectivity index (χ2n) is 8.92. The SMILES string of the molecule is COc1cc(C)c([C@@H](C)NC(=O)[C@H](C)N(c2cc(C)cc(C)c2)S(C)(=O)=O)cc1C(C)C. The molecule has 0 radical (unpaired) electrons. The van der Waals surface area contributed by atoms with Crippen molar-refractivity contribution in [1.82, 2.24) is 5.32 Å². The first kappa shape index (κ1) is 25.7. The highest BCUT2D eigenvalue weighted by Crippen LogP contribution is 2.32. The lowest BCUT2D eigenvalue weighted by Gasteiger charge is -2.30. The van der Waals surface area contributed by atoms with Crippen molar-refractivity contribution in [2.45, 2.75) is 66.5 Å². The Bertz CT molecular complexity index is 1070. The molecule has 0 heterocycles. The molecule has 0 unspecified atom stereocenters. The average Bonchev–Trinajstić information content (AvgIpc) is 2.65. The van der Waals surface area contributed by atoms with Crippen LogP contribution in [0.5, 0.6) is 5.75 Å². The molecule has 0 spiro atoms. The zero-order valence-electron chi connectivity index (χ0n) is 20.6. The van der Waals surface area contributed by atoms with Crippen molar-refractivity contribution < 1.29 is 17.9 Å². The minimum Gasteiger partial charge on any atom is -0.496 e. The maximum Gasteiger partial charge on any atom is 0.244 e. The molecule has 2 atom stereocenters. The molecular weight excluding hydrogens is 424 g/mol. The molecule has 1 amide bonds. The topological polar surface area (TPSA) is 75.7 Å². The quantitative estimate of drug-likeness (QED) is 0.615. The molecule has 0 aliphatic rings. The summed E-state index contributed by atoms with van der Waals surface area (Å²) in [7, 11) is -2.02. The van der Waals surface area contributed by atoms with E-state index < -0.39 is 16.1 Å². The highest BCUT2D eigenvalue weighted by atomic mass is 32.2. The molecule has 0 aliphatic heterocycles. The van der Waals surface area contributed by atoms with Crippen LogP contribution in [-0.2, 0) is 14.8 Å². The summed E-state index contributed by atoms with van der Waals surface area (Å²) in [6.07, 6.45) is 1.13. The number of nitrogens with one attached hydrogen (secondary N) is 1. The third-order valence-electron chi connectivity index (χ3n) is 5.62. The van der Waals surface area contributed by atoms with E-state index in [4.69, 9.17) is 4.74 Å². The largest absolute Gasteiger partial charge is 0.496 e. The molecule has 2 aromatic carbocycles. The molecule has 0 aromatic heterocycles. The number of anilines is 1. The number of aryl methyl sites for hydroxylation is 3. The van der Waals surface area contributed by atoms with Crippen LogP contribution in [0.4, 0.5) is 5.69 Å². The Morgan fingerprint density at radius 1 is 0.938 bits per heavy atom. The molecule has 1 N–H and O–H groups in total. The smallest absolute Gasteiger partial charge is 0.244 e. The summed E-state index contributed by atoms with van der Waals surface area (Å²) in [6, 6.07) is 8.37. The number of amides is 1. The Morgan fingerprint density at radius 3 is 1.97 bits per heavy atom. The summed E-state index contributed by atoms with van der Waals surface area (Å²) in [6.45, 7) is 13.5. The van der Waals surface area contributed by atoms with E-state index in [9.17, 15) is 13.2 Å². The van der Waals surface area contributed by atoms with E-state index in [2.05, 4.69) is 25.2 Å². The number of nitrogens with zero attached hydrogens (tertiary/aromatic N) is 1. The van der Waals surface area contributed by atoms with E-state index >= 15 is 0 Å². The standard InChI is InChI=1S/C25H36N2O4S/c1-15(2)22-14-23(18(5)13-24(22)31-8)19(6)26-25(28)20(7)27(32(9,29)30)21-11-16(3)10-17(4)12-21/h10-15,19-20H,1-9H3,(H,26,28)/t19-,20+/m1/s1. The van der Waals surface area contributed by atoms with Gasteiger partial charge in [-0.05, 0) is 92.6 Å². The first-order valence-electron chi connectivity index (χ1n) is 10.8. The van der Waals surface area contributed by atoms with E-state index in [1.165, 1.54) is 4.31 Å². The van der Waals surface area contributed by atoms with Crippen molar-refractivity contribution >= 4 is 21.6 Å². The molecule has 7 heteroatoms. The predicted octanol–water partition coefficient (Wildman–Crippen LogP) is 4.78. The van der Waals surface area contributed by atoms with E-state index in [1.807, 2.05) is 39.8 Å². The fourth-order valence-corrected chi connectivity index (χ4v) is 5.27. The van der Waals surface area contributed by atoms with Gasteiger partial charge in [0.15, 0.2) is 0 Å². The molecule has 176 valence electrons. The fourth-order valence-electron chi connectivity index (χ4n) is 4.11. The highest BCUT2D eigenvalue weighted by Gasteiger charge is 2.30. The molecule has 0 saturated carbocycles. The lowest BCUT2D eigenvalue weighted by Crippen LogP contribution is -2.48. The zero-order valence-corrected chi connectivity index (χ0v) is 21.4. The third-order valence-corrected chi connectivity index (χ3v) is 6.86. The normalized spacial score (nSPS) is 13.6. The number of rotatable bonds is 8. The van der Waals surface area contributed by atoms with E-state index in [0.717, 1.165) is 39.8 Å². The third kappa shape index (κ3) is 5.82. The lowest BCUT2D eigenvalue weighted by atomic mass is 9.93. The van der Waals surface area contributed by atoms with Gasteiger partial charge in [0, 0.05) is 0 Å². The van der Waals surface area contributed by atoms with Crippen LogP contribution in [-0.4, -0.2) is 33.7 Å². The number of hydrogen-bond acceptors (Lipinski definition) is 4. The molecule has 0 bridgehead atoms. The van der Waals surface area contributed by atoms with Crippen molar-refractivity contribution in [2.75, 3.05) is 17.7 Å². The van der Waals surface area contributed by atoms with Crippen LogP contribution in [0.2, 0.25) is 0 Å². The molecular formula is C25H36N2O4S. The summed E-state index contributed by atoms with van der Waals surface area (Å²) in [5.74, 6) is 0.728. The van der Waals surface area contributed by atoms with Crippen LogP contribution in [0.3, 0.4) is 0 Å². The Balaban J connectivity index is 2.37. The molecule has 6 nitrogen and oxygen atoms in total. The van der Waals surface area contributed by atoms with Crippen LogP contribution in [0.15, 0.2) is 30.3 Å². The van der Waals surface area contributed by atoms with Crippen molar-refractivity contribution in [3.8, 4) is 5.75 Å². The number of benzene rings is 2. The van der Waals surface area contributed by atoms with Crippen LogP contribution >= 0.6 is 0 Å². The maximum absolute atomic E-state index is 13.2. The van der Waals surface area contributed by atoms with Gasteiger partial charge in [-0.1, -0.05) is 19.9 Å². The van der Waals surface area contributed by atoms with Gasteiger partial charge in [0.1, 0.15) is 11.8 Å². The Labute approximate surface area is 193 Å². The molecule has 32 heavy (non-hydrogen) atoms. The zero-order chi connectivity index (χ0) is 24.4. The van der Waals surface area contributed by atoms with Crippen molar-refractivity contribution in [3.63, 3.8) is 0 Å². The maximum atomic E-state index is 13.2. The molecule has 0 aliphatic carbocycles. The van der Waals surface area contributed by atoms with Gasteiger partial charge in [-0.3, -0.25) is 9.10 Å². The van der Waals surface area contributed by atoms with E-state index in [-0.39, 0.29) is 17.9 Å². The van der Waals surface area contributed by atoms with Crippen molar-refractivity contribution in [1.29, 1.82) is 0 Å². The minimum absolute atomic E-state index is 0.261. The van der Waals surface area contributed by atoms with Crippen molar-refractivity contribution in [3.05, 3.63) is 58.1 Å². The number of sulfonamides is 1. The second-order valence-corrected chi connectivity index (χ2v) is 10.8. The monoisotopic (exact) mass is 460 g/mol. The Morgan fingerprint density at radius 2 is 1.50 bits per heavy atom. The Hall–Kier alpha value is -2.54. The minimum atomic E-state index is -3.68. The molecule has 2 aromatic rings. The lowest BCUT2D eigenvalue weighted by molar-refractivity contribution is -0.122. The van der Waals surface area contributed by atoms with Gasteiger partial charge >= 0.3 is 0 Å². The van der Waals surface area contributed by atoms with Gasteiger partial charge in [0.2, 0.25) is 15.9 Å². The second kappa shape index (κ2) is 9.94. The van der Waals surface area contributed by atoms with Gasteiger partial charge in [-0.25, -0.2) is 8.42 Å². The molecule has 0 fully saturated rings. The van der Waals surface area contributed by atoms with Crippen molar-refractivity contribution in [2.24, 2.45) is 0 Å². The van der Waals surface area contributed by atoms with Gasteiger partial charge in [-0.15, -0.1) is 0 Å². The predicted molar refractivity (Wildman–Crippen MR) is 131 cm³/mol. The first-order chi connectivity index (χ1) is 14.8. The average molecular weight is 461 g/mol. The van der Waals surface area contributed by atoms with E-state index in [1.54, 1.807) is 26.2 Å². The van der Waals surface area contributed by atoms with Crippen LogP contribution in [0.1, 0.15) is 67.5 Å². The number of ether oxygens (including phenoxy) is 1. The summed E-state index contributed by atoms with van der Waals surface area (Å²) >= 11 is 0. The summed E-state index contributed by atoms with van der Waals surface area (Å²) in [5, 5.41) is 3.01. The number of carbonyl (C=O) groups is 1. The Kier molecular flexibility index (Phi) is 7.99. The fraction of sp³-hybridized carbons (Fsp3) is 0.480. The summed E-state index contributed by atoms with van der Waals surface area (Å²) in [5.41, 5.74) is 5.40. The van der Waals surface area contributed by atoms with Crippen LogP contribution in [0.25, 0.3) is 0 Å². The van der Waals surface area contributed by atoms with E-state index in [0.29, 0.717) is 5.69 Å². The first-order valence-corrected chi connectivity index (χ1v) is 12.7. The van der Waals surface area contributed by atoms with Gasteiger partial charge in [-0.2, -0.15) is 0 Å². The molecule has 2 rings (SSSR count). The molecule has 0 saturated heterocycles. The number of carbonyl (C=O) groups excluding carboxylic acids is 1. The van der Waals surface area contributed by atoms with Crippen LogP contribution < -0.4 is 14.4 Å².